The fourth-order valence-electron chi connectivity index (χ4n) is 4.40. The van der Waals surface area contributed by atoms with E-state index >= 15 is 0 Å². The lowest BCUT2D eigenvalue weighted by atomic mass is 9.82. The summed E-state index contributed by atoms with van der Waals surface area (Å²) in [4.78, 5) is 14.6. The molecule has 130 valence electrons. The maximum absolute atomic E-state index is 13.5. The predicted octanol–water partition coefficient (Wildman–Crippen LogP) is 3.02. The van der Waals surface area contributed by atoms with Crippen molar-refractivity contribution in [2.75, 3.05) is 0 Å². The molecule has 0 aliphatic carbocycles. The van der Waals surface area contributed by atoms with Crippen LogP contribution in [-0.2, 0) is 10.3 Å². The van der Waals surface area contributed by atoms with Crippen molar-refractivity contribution in [2.45, 2.75) is 57.7 Å². The molecule has 1 aromatic rings. The van der Waals surface area contributed by atoms with E-state index in [-0.39, 0.29) is 30.2 Å². The number of rotatable bonds is 2. The Kier molecular flexibility index (Phi) is 4.69. The summed E-state index contributed by atoms with van der Waals surface area (Å²) in [6.07, 6.45) is 2.04. The van der Waals surface area contributed by atoms with Crippen molar-refractivity contribution in [3.8, 4) is 6.07 Å². The molecule has 0 aromatic heterocycles. The molecule has 2 aliphatic heterocycles. The minimum Gasteiger partial charge on any atom is -0.327 e. The van der Waals surface area contributed by atoms with Gasteiger partial charge in [0.15, 0.2) is 0 Å². The van der Waals surface area contributed by atoms with Gasteiger partial charge < -0.3 is 10.6 Å². The summed E-state index contributed by atoms with van der Waals surface area (Å²) in [5.74, 6) is -0.380. The van der Waals surface area contributed by atoms with Crippen molar-refractivity contribution in [3.05, 3.63) is 35.1 Å². The Morgan fingerprint density at radius 3 is 2.71 bits per heavy atom. The average Bonchev–Trinajstić information content (AvgIpc) is 2.96. The minimum absolute atomic E-state index is 0. The van der Waals surface area contributed by atoms with Gasteiger partial charge in [-0.2, -0.15) is 5.26 Å². The number of fused-ring (bicyclic) bond motifs is 1. The molecule has 3 atom stereocenters. The summed E-state index contributed by atoms with van der Waals surface area (Å²) in [6.45, 7) is 5.59. The molecule has 2 heterocycles. The summed E-state index contributed by atoms with van der Waals surface area (Å²) < 4.78 is 13.5. The Morgan fingerprint density at radius 2 is 2.12 bits per heavy atom. The molecule has 2 saturated heterocycles. The fraction of sp³-hybridized carbons (Fsp3) is 0.556. The van der Waals surface area contributed by atoms with Crippen LogP contribution in [-0.4, -0.2) is 22.9 Å². The quantitative estimate of drug-likeness (QED) is 0.890. The Bertz CT molecular complexity index is 715. The van der Waals surface area contributed by atoms with Crippen LogP contribution in [0.3, 0.4) is 0 Å². The zero-order chi connectivity index (χ0) is 17.0. The van der Waals surface area contributed by atoms with Crippen molar-refractivity contribution in [3.63, 3.8) is 0 Å². The van der Waals surface area contributed by atoms with E-state index in [4.69, 9.17) is 5.73 Å². The molecule has 2 aliphatic rings. The molecule has 2 N–H and O–H groups in total. The minimum atomic E-state index is -0.643. The third kappa shape index (κ3) is 2.49. The van der Waals surface area contributed by atoms with E-state index in [0.717, 1.165) is 24.0 Å². The highest BCUT2D eigenvalue weighted by Crippen LogP contribution is 2.53. The largest absolute Gasteiger partial charge is 0.327 e. The third-order valence-corrected chi connectivity index (χ3v) is 5.53. The van der Waals surface area contributed by atoms with Gasteiger partial charge in [-0.25, -0.2) is 4.39 Å². The van der Waals surface area contributed by atoms with Gasteiger partial charge in [0.25, 0.3) is 0 Å². The second-order valence-corrected chi connectivity index (χ2v) is 7.40. The Labute approximate surface area is 148 Å². The van der Waals surface area contributed by atoms with Gasteiger partial charge in [-0.05, 0) is 63.3 Å². The molecule has 1 amide bonds. The molecular weight excluding hydrogens is 329 g/mol. The zero-order valence-corrected chi connectivity index (χ0v) is 15.0. The number of hydrogen-bond acceptors (Lipinski definition) is 3. The summed E-state index contributed by atoms with van der Waals surface area (Å²) in [7, 11) is 0. The topological polar surface area (TPSA) is 70.1 Å². The standard InChI is InChI=1S/C18H22FN3O.ClH/c1-11-8-12(19)4-5-13(11)18-7-6-15(17(2,3)10-20)22(18)16(23)14(21)9-18;/h4-5,8,14-15H,6-7,9,21H2,1-3H3;1H/t14-,15+,18+;/m0./s1. The normalized spacial score (nSPS) is 29.2. The monoisotopic (exact) mass is 351 g/mol. The van der Waals surface area contributed by atoms with Crippen molar-refractivity contribution in [1.29, 1.82) is 5.26 Å². The molecule has 0 unspecified atom stereocenters. The SMILES string of the molecule is Cc1cc(F)ccc1[C@]12CC[C@H](C(C)(C)C#N)N1C(=O)[C@@H](N)C2.Cl. The van der Waals surface area contributed by atoms with E-state index in [9.17, 15) is 14.4 Å². The molecule has 0 spiro atoms. The van der Waals surface area contributed by atoms with E-state index in [0.29, 0.717) is 6.42 Å². The first-order chi connectivity index (χ1) is 10.7. The van der Waals surface area contributed by atoms with Crippen LogP contribution in [0, 0.1) is 29.5 Å². The second kappa shape index (κ2) is 6.02. The number of amides is 1. The Balaban J connectivity index is 0.00000208. The lowest BCUT2D eigenvalue weighted by Crippen LogP contribution is -2.49. The molecular formula is C18H23ClFN3O. The van der Waals surface area contributed by atoms with Crippen molar-refractivity contribution < 1.29 is 9.18 Å². The number of nitrogens with two attached hydrogens (primary N) is 1. The molecule has 0 bridgehead atoms. The van der Waals surface area contributed by atoms with Gasteiger partial charge in [-0.3, -0.25) is 4.79 Å². The van der Waals surface area contributed by atoms with Gasteiger partial charge in [0.1, 0.15) is 5.82 Å². The number of halogens is 2. The van der Waals surface area contributed by atoms with Crippen molar-refractivity contribution in [2.24, 2.45) is 11.1 Å². The number of aryl methyl sites for hydroxylation is 1. The van der Waals surface area contributed by atoms with E-state index in [1.807, 2.05) is 25.7 Å². The number of carbonyl (C=O) groups excluding carboxylic acids is 1. The predicted molar refractivity (Wildman–Crippen MR) is 91.9 cm³/mol. The van der Waals surface area contributed by atoms with Crippen LogP contribution < -0.4 is 5.73 Å². The van der Waals surface area contributed by atoms with Gasteiger partial charge in [-0.1, -0.05) is 6.07 Å². The summed E-state index contributed by atoms with van der Waals surface area (Å²) in [5, 5.41) is 9.50. The van der Waals surface area contributed by atoms with Crippen LogP contribution >= 0.6 is 12.4 Å². The second-order valence-electron chi connectivity index (χ2n) is 7.40. The number of nitriles is 1. The van der Waals surface area contributed by atoms with E-state index in [1.54, 1.807) is 6.07 Å². The number of nitrogens with zero attached hydrogens (tertiary/aromatic N) is 2. The Morgan fingerprint density at radius 1 is 1.46 bits per heavy atom. The number of carbonyl (C=O) groups is 1. The van der Waals surface area contributed by atoms with Gasteiger partial charge >= 0.3 is 0 Å². The Hall–Kier alpha value is -1.64. The zero-order valence-electron chi connectivity index (χ0n) is 14.2. The van der Waals surface area contributed by atoms with Crippen LogP contribution in [0.4, 0.5) is 4.39 Å². The summed E-state index contributed by atoms with van der Waals surface area (Å²) in [6, 6.07) is 6.31. The molecule has 6 heteroatoms. The van der Waals surface area contributed by atoms with E-state index in [2.05, 4.69) is 6.07 Å². The molecule has 4 nitrogen and oxygen atoms in total. The van der Waals surface area contributed by atoms with Gasteiger partial charge in [0, 0.05) is 0 Å². The highest BCUT2D eigenvalue weighted by molar-refractivity contribution is 5.86. The first-order valence-electron chi connectivity index (χ1n) is 7.99. The van der Waals surface area contributed by atoms with Crippen molar-refractivity contribution >= 4 is 18.3 Å². The molecule has 0 saturated carbocycles. The lowest BCUT2D eigenvalue weighted by Gasteiger charge is -2.40. The molecule has 3 rings (SSSR count). The van der Waals surface area contributed by atoms with Gasteiger partial charge in [0.05, 0.1) is 29.1 Å². The van der Waals surface area contributed by atoms with Gasteiger partial charge in [0.2, 0.25) is 5.91 Å². The number of hydrogen-bond donors (Lipinski definition) is 1. The smallest absolute Gasteiger partial charge is 0.240 e. The van der Waals surface area contributed by atoms with Crippen LogP contribution in [0.5, 0.6) is 0 Å². The summed E-state index contributed by atoms with van der Waals surface area (Å²) in [5.41, 5.74) is 6.70. The first kappa shape index (κ1) is 18.7. The van der Waals surface area contributed by atoms with Crippen molar-refractivity contribution in [1.82, 2.24) is 4.90 Å². The molecule has 1 aromatic carbocycles. The van der Waals surface area contributed by atoms with Crippen LogP contribution in [0.1, 0.15) is 44.2 Å². The average molecular weight is 352 g/mol. The van der Waals surface area contributed by atoms with Crippen LogP contribution in [0.2, 0.25) is 0 Å². The molecule has 24 heavy (non-hydrogen) atoms. The maximum Gasteiger partial charge on any atom is 0.240 e. The lowest BCUT2D eigenvalue weighted by molar-refractivity contribution is -0.134. The first-order valence-corrected chi connectivity index (χ1v) is 7.99. The molecule has 2 fully saturated rings. The summed E-state index contributed by atoms with van der Waals surface area (Å²) >= 11 is 0. The highest BCUT2D eigenvalue weighted by Gasteiger charge is 2.60. The van der Waals surface area contributed by atoms with Gasteiger partial charge in [-0.15, -0.1) is 12.4 Å². The highest BCUT2D eigenvalue weighted by atomic mass is 35.5. The van der Waals surface area contributed by atoms with Crippen LogP contribution in [0.15, 0.2) is 18.2 Å². The van der Waals surface area contributed by atoms with E-state index < -0.39 is 17.0 Å². The number of benzene rings is 1. The van der Waals surface area contributed by atoms with E-state index in [1.165, 1.54) is 12.1 Å². The maximum atomic E-state index is 13.5. The van der Waals surface area contributed by atoms with Crippen LogP contribution in [0.25, 0.3) is 0 Å². The third-order valence-electron chi connectivity index (χ3n) is 5.53. The molecule has 0 radical (unpaired) electrons. The fourth-order valence-corrected chi connectivity index (χ4v) is 4.40.